The molecule has 2 rings (SSSR count). The maximum atomic E-state index is 4.02. The van der Waals surface area contributed by atoms with E-state index in [1.807, 2.05) is 18.2 Å². The van der Waals surface area contributed by atoms with Gasteiger partial charge >= 0.3 is 0 Å². The van der Waals surface area contributed by atoms with Crippen LogP contribution >= 0.6 is 0 Å². The molecule has 0 atom stereocenters. The Kier molecular flexibility index (Phi) is 3.32. The molecule has 1 nitrogen and oxygen atoms in total. The van der Waals surface area contributed by atoms with Crippen LogP contribution in [0.2, 0.25) is 0 Å². The van der Waals surface area contributed by atoms with Crippen molar-refractivity contribution < 1.29 is 0 Å². The first-order valence-electron chi connectivity index (χ1n) is 5.23. The molecule has 0 saturated heterocycles. The lowest BCUT2D eigenvalue weighted by molar-refractivity contribution is 1.08. The molecule has 2 aromatic rings. The normalized spacial score (nSPS) is 9.50. The molecule has 0 aliphatic heterocycles. The highest BCUT2D eigenvalue weighted by atomic mass is 14.7. The molecule has 2 aromatic carbocycles. The van der Waals surface area contributed by atoms with Crippen LogP contribution in [0, 0.1) is 0 Å². The molecule has 0 aromatic heterocycles. The van der Waals surface area contributed by atoms with Gasteiger partial charge in [0.25, 0.3) is 0 Å². The van der Waals surface area contributed by atoms with Crippen LogP contribution in [0.15, 0.2) is 66.2 Å². The molecule has 0 bridgehead atoms. The van der Waals surface area contributed by atoms with E-state index in [1.54, 1.807) is 0 Å². The number of hydrogen-bond donors (Lipinski definition) is 0. The second kappa shape index (κ2) is 5.11. The van der Waals surface area contributed by atoms with Crippen LogP contribution in [0.25, 0.3) is 11.1 Å². The van der Waals surface area contributed by atoms with Crippen LogP contribution in [0.1, 0.15) is 5.56 Å². The fourth-order valence-corrected chi connectivity index (χ4v) is 1.63. The quantitative estimate of drug-likeness (QED) is 0.680. The van der Waals surface area contributed by atoms with Gasteiger partial charge in [0.05, 0.1) is 6.54 Å². The van der Waals surface area contributed by atoms with E-state index in [9.17, 15) is 0 Å². The van der Waals surface area contributed by atoms with Gasteiger partial charge in [-0.2, -0.15) is 0 Å². The molecule has 0 unspecified atom stereocenters. The molecular weight excluding hydrogens is 194 g/mol. The van der Waals surface area contributed by atoms with Crippen LogP contribution in [0.4, 0.5) is 0 Å². The molecule has 0 aliphatic carbocycles. The van der Waals surface area contributed by atoms with Crippen molar-refractivity contribution in [3.8, 4) is 11.1 Å². The van der Waals surface area contributed by atoms with Gasteiger partial charge in [-0.1, -0.05) is 48.5 Å². The van der Waals surface area contributed by atoms with Crippen molar-refractivity contribution in [1.82, 2.24) is 0 Å². The molecule has 0 N–H and O–H groups in total. The summed E-state index contributed by atoms with van der Waals surface area (Å²) in [6.45, 7) is 4.11. The molecule has 0 spiro atoms. The third-order valence-electron chi connectivity index (χ3n) is 2.41. The Morgan fingerprint density at radius 2 is 1.69 bits per heavy atom. The Balaban J connectivity index is 2.32. The Morgan fingerprint density at radius 3 is 2.44 bits per heavy atom. The Bertz CT molecular complexity index is 508. The number of aliphatic imine (C=N–C) groups is 1. The van der Waals surface area contributed by atoms with Gasteiger partial charge in [-0.05, 0) is 35.2 Å². The summed E-state index contributed by atoms with van der Waals surface area (Å²) in [4.78, 5) is 4.02. The van der Waals surface area contributed by atoms with E-state index in [0.29, 0.717) is 6.54 Å². The van der Waals surface area contributed by atoms with E-state index < -0.39 is 0 Å². The molecule has 0 amide bonds. The Morgan fingerprint density at radius 1 is 0.938 bits per heavy atom. The van der Waals surface area contributed by atoms with Gasteiger partial charge < -0.3 is 0 Å². The summed E-state index contributed by atoms with van der Waals surface area (Å²) in [6.07, 6.45) is 0. The molecular formula is C15H13N. The van der Waals surface area contributed by atoms with Gasteiger partial charge in [0.2, 0.25) is 0 Å². The first kappa shape index (κ1) is 10.4. The Hall–Kier alpha value is -2.11. The minimum Gasteiger partial charge on any atom is -0.239 e. The van der Waals surface area contributed by atoms with E-state index in [4.69, 9.17) is 0 Å². The van der Waals surface area contributed by atoms with Crippen molar-refractivity contribution in [2.45, 2.75) is 6.54 Å². The SMILES string of the molecule is C=C=NCc1cccc(-c2ccccc2)c1. The lowest BCUT2D eigenvalue weighted by atomic mass is 10.0. The lowest BCUT2D eigenvalue weighted by Crippen LogP contribution is -1.83. The van der Waals surface area contributed by atoms with Crippen molar-refractivity contribution in [2.24, 2.45) is 4.99 Å². The van der Waals surface area contributed by atoms with Crippen LogP contribution in [-0.2, 0) is 6.54 Å². The summed E-state index contributed by atoms with van der Waals surface area (Å²) in [5.74, 6) is 2.55. The van der Waals surface area contributed by atoms with Crippen molar-refractivity contribution >= 4 is 5.87 Å². The van der Waals surface area contributed by atoms with Gasteiger partial charge in [-0.3, -0.25) is 0 Å². The molecule has 1 heteroatoms. The summed E-state index contributed by atoms with van der Waals surface area (Å²) >= 11 is 0. The highest BCUT2D eigenvalue weighted by Crippen LogP contribution is 2.20. The molecule has 78 valence electrons. The van der Waals surface area contributed by atoms with Crippen LogP contribution in [0.3, 0.4) is 0 Å². The molecule has 0 aliphatic rings. The fourth-order valence-electron chi connectivity index (χ4n) is 1.63. The second-order valence-corrected chi connectivity index (χ2v) is 3.54. The molecule has 0 saturated carbocycles. The summed E-state index contributed by atoms with van der Waals surface area (Å²) < 4.78 is 0. The van der Waals surface area contributed by atoms with Crippen molar-refractivity contribution in [3.05, 3.63) is 66.7 Å². The third kappa shape index (κ3) is 2.47. The predicted octanol–water partition coefficient (Wildman–Crippen LogP) is 3.71. The van der Waals surface area contributed by atoms with Crippen molar-refractivity contribution in [3.63, 3.8) is 0 Å². The van der Waals surface area contributed by atoms with Gasteiger partial charge in [0, 0.05) is 0 Å². The number of rotatable bonds is 3. The zero-order valence-corrected chi connectivity index (χ0v) is 9.06. The molecule has 16 heavy (non-hydrogen) atoms. The molecule has 0 fully saturated rings. The van der Waals surface area contributed by atoms with E-state index in [1.165, 1.54) is 16.7 Å². The maximum absolute atomic E-state index is 4.02. The minimum atomic E-state index is 0.643. The van der Waals surface area contributed by atoms with Gasteiger partial charge in [-0.25, -0.2) is 4.99 Å². The molecule has 0 heterocycles. The monoisotopic (exact) mass is 207 g/mol. The van der Waals surface area contributed by atoms with Crippen LogP contribution in [0.5, 0.6) is 0 Å². The van der Waals surface area contributed by atoms with Crippen molar-refractivity contribution in [2.75, 3.05) is 0 Å². The summed E-state index contributed by atoms with van der Waals surface area (Å²) in [7, 11) is 0. The van der Waals surface area contributed by atoms with Crippen LogP contribution in [-0.4, -0.2) is 5.87 Å². The van der Waals surface area contributed by atoms with Gasteiger partial charge in [0.15, 0.2) is 0 Å². The minimum absolute atomic E-state index is 0.643. The van der Waals surface area contributed by atoms with E-state index >= 15 is 0 Å². The zero-order valence-electron chi connectivity index (χ0n) is 9.06. The number of nitrogens with zero attached hydrogens (tertiary/aromatic N) is 1. The first-order chi connectivity index (χ1) is 7.90. The van der Waals surface area contributed by atoms with E-state index in [-0.39, 0.29) is 0 Å². The standard InChI is InChI=1S/C15H13N/c1-2-16-12-13-7-6-10-15(11-13)14-8-4-3-5-9-14/h3-11H,1,12H2. The largest absolute Gasteiger partial charge is 0.239 e. The number of benzene rings is 2. The lowest BCUT2D eigenvalue weighted by Gasteiger charge is -2.03. The third-order valence-corrected chi connectivity index (χ3v) is 2.41. The zero-order chi connectivity index (χ0) is 11.2. The average Bonchev–Trinajstić information content (AvgIpc) is 2.38. The highest BCUT2D eigenvalue weighted by Gasteiger charge is 1.97. The van der Waals surface area contributed by atoms with Gasteiger partial charge in [-0.15, -0.1) is 0 Å². The Labute approximate surface area is 95.8 Å². The average molecular weight is 207 g/mol. The summed E-state index contributed by atoms with van der Waals surface area (Å²) in [6, 6.07) is 18.7. The van der Waals surface area contributed by atoms with Crippen molar-refractivity contribution in [1.29, 1.82) is 0 Å². The second-order valence-electron chi connectivity index (χ2n) is 3.54. The fraction of sp³-hybridized carbons (Fsp3) is 0.0667. The predicted molar refractivity (Wildman–Crippen MR) is 68.6 cm³/mol. The summed E-state index contributed by atoms with van der Waals surface area (Å²) in [5.41, 5.74) is 3.63. The number of hydrogen-bond acceptors (Lipinski definition) is 1. The van der Waals surface area contributed by atoms with Gasteiger partial charge in [0.1, 0.15) is 0 Å². The highest BCUT2D eigenvalue weighted by molar-refractivity contribution is 5.64. The first-order valence-corrected chi connectivity index (χ1v) is 5.23. The topological polar surface area (TPSA) is 12.4 Å². The van der Waals surface area contributed by atoms with E-state index in [2.05, 4.69) is 53.8 Å². The van der Waals surface area contributed by atoms with Crippen LogP contribution < -0.4 is 0 Å². The van der Waals surface area contributed by atoms with E-state index in [0.717, 1.165) is 0 Å². The smallest absolute Gasteiger partial charge is 0.0734 e. The maximum Gasteiger partial charge on any atom is 0.0734 e. The summed E-state index contributed by atoms with van der Waals surface area (Å²) in [5, 5.41) is 0. The molecule has 0 radical (unpaired) electrons.